The summed E-state index contributed by atoms with van der Waals surface area (Å²) in [5.41, 5.74) is -0.288. The van der Waals surface area contributed by atoms with Crippen molar-refractivity contribution in [3.8, 4) is 0 Å². The first-order chi connectivity index (χ1) is 10.7. The summed E-state index contributed by atoms with van der Waals surface area (Å²) in [5, 5.41) is 2.73. The minimum absolute atomic E-state index is 0.235. The molecule has 0 aromatic heterocycles. The third kappa shape index (κ3) is 2.97. The number of carbonyl (C=O) groups excluding carboxylic acids is 1. The van der Waals surface area contributed by atoms with E-state index in [-0.39, 0.29) is 10.8 Å². The normalized spacial score (nSPS) is 26.9. The fraction of sp³-hybridized carbons (Fsp3) is 0.533. The number of nitrogens with zero attached hydrogens (tertiary/aromatic N) is 1. The number of carbonyl (C=O) groups is 1. The molecule has 0 radical (unpaired) electrons. The smallest absolute Gasteiger partial charge is 0.243 e. The number of anilines is 1. The number of sulfonamides is 1. The Hall–Kier alpha value is -0.820. The number of halogens is 2. The molecule has 5 nitrogen and oxygen atoms in total. The highest BCUT2D eigenvalue weighted by molar-refractivity contribution is 7.89. The number of amides is 1. The number of nitrogens with one attached hydrogen (secondary N) is 1. The van der Waals surface area contributed by atoms with Gasteiger partial charge < -0.3 is 5.32 Å². The molecule has 2 fully saturated rings. The number of hydrogen-bond donors (Lipinski definition) is 1. The average molecular weight is 377 g/mol. The van der Waals surface area contributed by atoms with Crippen LogP contribution in [-0.2, 0) is 14.8 Å². The summed E-state index contributed by atoms with van der Waals surface area (Å²) in [6.07, 6.45) is 2.19. The molecule has 1 heterocycles. The monoisotopic (exact) mass is 376 g/mol. The maximum absolute atomic E-state index is 12.4. The van der Waals surface area contributed by atoms with Gasteiger partial charge in [0.15, 0.2) is 0 Å². The van der Waals surface area contributed by atoms with Gasteiger partial charge in [-0.2, -0.15) is 4.31 Å². The lowest BCUT2D eigenvalue weighted by atomic mass is 10.1. The zero-order chi connectivity index (χ0) is 16.9. The second-order valence-electron chi connectivity index (χ2n) is 6.30. The van der Waals surface area contributed by atoms with Crippen LogP contribution >= 0.6 is 23.2 Å². The second kappa shape index (κ2) is 5.62. The van der Waals surface area contributed by atoms with E-state index in [9.17, 15) is 13.2 Å². The maximum atomic E-state index is 12.4. The van der Waals surface area contributed by atoms with Crippen LogP contribution in [0.5, 0.6) is 0 Å². The predicted molar refractivity (Wildman–Crippen MR) is 90.2 cm³/mol. The van der Waals surface area contributed by atoms with Gasteiger partial charge in [-0.05, 0) is 50.5 Å². The van der Waals surface area contributed by atoms with Crippen LogP contribution in [0.3, 0.4) is 0 Å². The molecule has 1 atom stereocenters. The highest BCUT2D eigenvalue weighted by Crippen LogP contribution is 2.64. The van der Waals surface area contributed by atoms with Gasteiger partial charge in [-0.1, -0.05) is 0 Å². The third-order valence-electron chi connectivity index (χ3n) is 4.57. The molecule has 1 aromatic carbocycles. The Morgan fingerprint density at radius 1 is 1.17 bits per heavy atom. The highest BCUT2D eigenvalue weighted by Gasteiger charge is 2.67. The van der Waals surface area contributed by atoms with Crippen molar-refractivity contribution in [2.24, 2.45) is 5.41 Å². The summed E-state index contributed by atoms with van der Waals surface area (Å²) < 4.78 is 25.3. The van der Waals surface area contributed by atoms with E-state index in [1.54, 1.807) is 19.1 Å². The van der Waals surface area contributed by atoms with Crippen molar-refractivity contribution < 1.29 is 13.2 Å². The third-order valence-corrected chi connectivity index (χ3v) is 7.59. The molecule has 1 unspecified atom stereocenters. The standard InChI is InChI=1S/C15H18Cl2N2O3S/c1-14(10-15(14,16)17)13(20)18-11-4-6-12(7-5-11)23(21,22)19-8-2-3-9-19/h4-7H,2-3,8-10H2,1H3,(H,18,20). The van der Waals surface area contributed by atoms with Gasteiger partial charge in [0.1, 0.15) is 4.33 Å². The molecule has 2 aliphatic rings. The van der Waals surface area contributed by atoms with Crippen molar-refractivity contribution in [1.82, 2.24) is 4.31 Å². The number of rotatable bonds is 4. The minimum atomic E-state index is -3.44. The number of hydrogen-bond acceptors (Lipinski definition) is 3. The van der Waals surface area contributed by atoms with Gasteiger partial charge in [0.05, 0.1) is 10.3 Å². The van der Waals surface area contributed by atoms with Gasteiger partial charge in [-0.25, -0.2) is 8.42 Å². The van der Waals surface area contributed by atoms with Crippen LogP contribution in [-0.4, -0.2) is 36.1 Å². The molecule has 0 bridgehead atoms. The van der Waals surface area contributed by atoms with Crippen LogP contribution in [0, 0.1) is 5.41 Å². The molecule has 1 saturated carbocycles. The first-order valence-electron chi connectivity index (χ1n) is 7.46. The van der Waals surface area contributed by atoms with Crippen LogP contribution < -0.4 is 5.32 Å². The van der Waals surface area contributed by atoms with Crippen molar-refractivity contribution >= 4 is 44.8 Å². The maximum Gasteiger partial charge on any atom is 0.243 e. The lowest BCUT2D eigenvalue weighted by Gasteiger charge is -2.16. The summed E-state index contributed by atoms with van der Waals surface area (Å²) in [7, 11) is -3.44. The largest absolute Gasteiger partial charge is 0.326 e. The molecule has 1 amide bonds. The van der Waals surface area contributed by atoms with Gasteiger partial charge in [0.2, 0.25) is 15.9 Å². The Bertz CT molecular complexity index is 728. The summed E-state index contributed by atoms with van der Waals surface area (Å²) in [6, 6.07) is 6.17. The Kier molecular flexibility index (Phi) is 4.16. The molecular weight excluding hydrogens is 359 g/mol. The molecule has 126 valence electrons. The Labute approximate surface area is 146 Å². The van der Waals surface area contributed by atoms with Crippen LogP contribution in [0.1, 0.15) is 26.2 Å². The number of alkyl halides is 2. The molecule has 1 N–H and O–H groups in total. The summed E-state index contributed by atoms with van der Waals surface area (Å²) in [5.74, 6) is -0.266. The quantitative estimate of drug-likeness (QED) is 0.821. The molecule has 1 saturated heterocycles. The molecule has 3 rings (SSSR count). The lowest BCUT2D eigenvalue weighted by molar-refractivity contribution is -0.120. The van der Waals surface area contributed by atoms with Gasteiger partial charge in [0, 0.05) is 18.8 Å². The van der Waals surface area contributed by atoms with E-state index < -0.39 is 19.8 Å². The Balaban J connectivity index is 1.72. The average Bonchev–Trinajstić information content (AvgIpc) is 2.87. The first kappa shape index (κ1) is 17.0. The molecule has 8 heteroatoms. The SMILES string of the molecule is CC1(C(=O)Nc2ccc(S(=O)(=O)N3CCCC3)cc2)CC1(Cl)Cl. The fourth-order valence-corrected chi connectivity index (χ4v) is 4.93. The molecule has 0 spiro atoms. The predicted octanol–water partition coefficient (Wildman–Crippen LogP) is 2.99. The van der Waals surface area contributed by atoms with E-state index in [1.807, 2.05) is 0 Å². The van der Waals surface area contributed by atoms with E-state index in [4.69, 9.17) is 23.2 Å². The first-order valence-corrected chi connectivity index (χ1v) is 9.66. The fourth-order valence-electron chi connectivity index (χ4n) is 2.70. The van der Waals surface area contributed by atoms with Gasteiger partial charge in [-0.3, -0.25) is 4.79 Å². The summed E-state index contributed by atoms with van der Waals surface area (Å²) in [4.78, 5) is 12.4. The van der Waals surface area contributed by atoms with Crippen LogP contribution in [0.4, 0.5) is 5.69 Å². The van der Waals surface area contributed by atoms with Crippen molar-refractivity contribution in [3.63, 3.8) is 0 Å². The molecule has 1 aliphatic heterocycles. The Morgan fingerprint density at radius 3 is 2.17 bits per heavy atom. The molecular formula is C15H18Cl2N2O3S. The number of benzene rings is 1. The molecule has 1 aromatic rings. The summed E-state index contributed by atoms with van der Waals surface area (Å²) in [6.45, 7) is 2.83. The van der Waals surface area contributed by atoms with Crippen LogP contribution in [0.2, 0.25) is 0 Å². The van der Waals surface area contributed by atoms with Crippen molar-refractivity contribution in [2.75, 3.05) is 18.4 Å². The van der Waals surface area contributed by atoms with E-state index in [0.717, 1.165) is 12.8 Å². The van der Waals surface area contributed by atoms with E-state index >= 15 is 0 Å². The van der Waals surface area contributed by atoms with E-state index in [0.29, 0.717) is 25.2 Å². The minimum Gasteiger partial charge on any atom is -0.326 e. The van der Waals surface area contributed by atoms with Gasteiger partial charge >= 0.3 is 0 Å². The van der Waals surface area contributed by atoms with E-state index in [2.05, 4.69) is 5.32 Å². The Morgan fingerprint density at radius 2 is 1.70 bits per heavy atom. The van der Waals surface area contributed by atoms with Crippen molar-refractivity contribution in [3.05, 3.63) is 24.3 Å². The van der Waals surface area contributed by atoms with Gasteiger partial charge in [0.25, 0.3) is 0 Å². The lowest BCUT2D eigenvalue weighted by Crippen LogP contribution is -2.28. The molecule has 1 aliphatic carbocycles. The molecule has 23 heavy (non-hydrogen) atoms. The van der Waals surface area contributed by atoms with Crippen LogP contribution in [0.15, 0.2) is 29.2 Å². The van der Waals surface area contributed by atoms with Gasteiger partial charge in [-0.15, -0.1) is 23.2 Å². The van der Waals surface area contributed by atoms with E-state index in [1.165, 1.54) is 16.4 Å². The zero-order valence-electron chi connectivity index (χ0n) is 12.7. The highest BCUT2D eigenvalue weighted by atomic mass is 35.5. The van der Waals surface area contributed by atoms with Crippen molar-refractivity contribution in [2.45, 2.75) is 35.4 Å². The zero-order valence-corrected chi connectivity index (χ0v) is 15.0. The van der Waals surface area contributed by atoms with Crippen molar-refractivity contribution in [1.29, 1.82) is 0 Å². The second-order valence-corrected chi connectivity index (χ2v) is 9.72. The summed E-state index contributed by atoms with van der Waals surface area (Å²) >= 11 is 12.0. The van der Waals surface area contributed by atoms with Crippen LogP contribution in [0.25, 0.3) is 0 Å². The topological polar surface area (TPSA) is 66.5 Å².